The van der Waals surface area contributed by atoms with E-state index >= 15 is 0 Å². The number of sulfonamides is 1. The van der Waals surface area contributed by atoms with Gasteiger partial charge in [0.05, 0.1) is 26.6 Å². The van der Waals surface area contributed by atoms with Gasteiger partial charge in [0, 0.05) is 13.0 Å². The maximum atomic E-state index is 14.1. The first-order chi connectivity index (χ1) is 20.4. The molecule has 0 rings (SSSR count). The van der Waals surface area contributed by atoms with Crippen LogP contribution in [0, 0.1) is 0 Å². The monoisotopic (exact) mass is 792 g/mol. The number of nitrogens with one attached hydrogen (secondary N) is 1. The highest BCUT2D eigenvalue weighted by Gasteiger charge is 2.99. The second-order valence-corrected chi connectivity index (χ2v) is 11.9. The number of hydrogen-bond donors (Lipinski definition) is 1. The lowest BCUT2D eigenvalue weighted by Crippen LogP contribution is -2.78. The van der Waals surface area contributed by atoms with Crippen LogP contribution in [0.3, 0.4) is 0 Å². The fraction of sp³-hybridized carbons (Fsp3) is 0.944. The highest BCUT2D eigenvalue weighted by molar-refractivity contribution is 7.90. The van der Waals surface area contributed by atoms with Crippen molar-refractivity contribution < 1.29 is 124 Å². The van der Waals surface area contributed by atoms with Gasteiger partial charge in [-0.3, -0.25) is 0 Å². The number of quaternary nitrogens is 1. The molecule has 1 N–H and O–H groups in total. The van der Waals surface area contributed by atoms with Crippen LogP contribution in [0.25, 0.3) is 0 Å². The van der Waals surface area contributed by atoms with E-state index in [1.807, 2.05) is 0 Å². The van der Waals surface area contributed by atoms with Crippen LogP contribution in [0.15, 0.2) is 0 Å². The summed E-state index contributed by atoms with van der Waals surface area (Å²) in [6.45, 7) is -3.23. The van der Waals surface area contributed by atoms with Crippen molar-refractivity contribution in [3.63, 3.8) is 0 Å². The summed E-state index contributed by atoms with van der Waals surface area (Å²) in [7, 11) is -5.64. The number of rotatable bonds is 17. The van der Waals surface area contributed by atoms with Gasteiger partial charge >= 0.3 is 64.7 Å². The van der Waals surface area contributed by atoms with E-state index in [0.717, 1.165) is 14.1 Å². The number of carbonyl (C=O) groups is 1. The summed E-state index contributed by atoms with van der Waals surface area (Å²) in [4.78, 5) is 10.5. The van der Waals surface area contributed by atoms with Gasteiger partial charge in [-0.2, -0.15) is 101 Å². The van der Waals surface area contributed by atoms with Gasteiger partial charge < -0.3 is 14.4 Å². The average Bonchev–Trinajstić information content (AvgIpc) is 2.83. The number of carbonyl (C=O) groups excluding carboxylic acids is 1. The van der Waals surface area contributed by atoms with E-state index in [4.69, 9.17) is 0 Å². The van der Waals surface area contributed by atoms with Crippen molar-refractivity contribution in [1.29, 1.82) is 0 Å². The summed E-state index contributed by atoms with van der Waals surface area (Å²) in [5, 5.41) is 2.60. The van der Waals surface area contributed by atoms with Crippen LogP contribution < -0.4 is 9.83 Å². The Hall–Kier alpha value is -2.27. The highest BCUT2D eigenvalue weighted by atomic mass is 32.2. The molecular formula is C18H15F23N2O4S. The van der Waals surface area contributed by atoms with Gasteiger partial charge in [0.1, 0.15) is 6.54 Å². The number of halogens is 23. The number of carboxylic acids is 1. The number of alkyl halides is 23. The molecule has 0 spiro atoms. The molecule has 0 aliphatic carbocycles. The predicted octanol–water partition coefficient (Wildman–Crippen LogP) is 5.00. The standard InChI is InChI=1S/C18H15F23N2O4S/c1-43(2,6-7(44)45)5-3-4-42-48(46,47)18(40,41)16(35,36)14(31,32)12(27,28)10(23,24)8(19,20)9(21,22)11(25,26)13(29,30)15(33,34)17(37,38)39/h42H,3-6H2,1-2H3. The summed E-state index contributed by atoms with van der Waals surface area (Å²) in [5.74, 6) is -85.0. The van der Waals surface area contributed by atoms with Crippen LogP contribution in [0.4, 0.5) is 101 Å². The van der Waals surface area contributed by atoms with Crippen LogP contribution in [0.5, 0.6) is 0 Å². The largest absolute Gasteiger partial charge is 0.544 e. The number of nitrogens with zero attached hydrogens (tertiary/aromatic N) is 1. The Kier molecular flexibility index (Phi) is 11.6. The normalized spacial score (nSPS) is 16.4. The lowest BCUT2D eigenvalue weighted by atomic mass is 9.86. The molecule has 0 bridgehead atoms. The SMILES string of the molecule is C[N+](C)(CCCNS(=O)(=O)C(F)(F)C(F)(F)C(F)(F)C(F)(F)C(F)(F)C(F)(F)C(F)(F)C(F)(F)C(F)(F)C(F)(F)C(F)(F)F)CC(=O)[O-]. The van der Waals surface area contributed by atoms with E-state index in [1.54, 1.807) is 0 Å². The fourth-order valence-electron chi connectivity index (χ4n) is 3.14. The number of aliphatic carboxylic acids is 1. The third-order valence-electron chi connectivity index (χ3n) is 6.00. The summed E-state index contributed by atoms with van der Waals surface area (Å²) in [6.07, 6.45) is -9.12. The molecule has 30 heteroatoms. The van der Waals surface area contributed by atoms with E-state index < -0.39 is 111 Å². The Balaban J connectivity index is 6.92. The molecule has 0 amide bonds. The van der Waals surface area contributed by atoms with Crippen LogP contribution in [-0.4, -0.2) is 117 Å². The molecule has 0 atom stereocenters. The van der Waals surface area contributed by atoms with Crippen LogP contribution >= 0.6 is 0 Å². The maximum absolute atomic E-state index is 14.1. The third-order valence-corrected chi connectivity index (χ3v) is 7.52. The van der Waals surface area contributed by atoms with E-state index in [9.17, 15) is 119 Å². The minimum absolute atomic E-state index is 0.301. The molecule has 288 valence electrons. The third kappa shape index (κ3) is 6.51. The van der Waals surface area contributed by atoms with E-state index in [1.165, 1.54) is 0 Å². The average molecular weight is 792 g/mol. The fourth-order valence-corrected chi connectivity index (χ4v) is 4.20. The van der Waals surface area contributed by atoms with Crippen LogP contribution in [-0.2, 0) is 14.8 Å². The summed E-state index contributed by atoms with van der Waals surface area (Å²) >= 11 is 0. The first-order valence-electron chi connectivity index (χ1n) is 11.2. The highest BCUT2D eigenvalue weighted by Crippen LogP contribution is 2.67. The van der Waals surface area contributed by atoms with Crippen molar-refractivity contribution >= 4 is 16.0 Å². The van der Waals surface area contributed by atoms with Crippen molar-refractivity contribution in [3.8, 4) is 0 Å². The molecule has 0 aromatic carbocycles. The Bertz CT molecular complexity index is 1290. The topological polar surface area (TPSA) is 86.3 Å². The molecule has 0 aliphatic heterocycles. The Morgan fingerprint density at radius 2 is 0.812 bits per heavy atom. The number of carboxylic acid groups (broad SMARTS) is 1. The van der Waals surface area contributed by atoms with Gasteiger partial charge in [0.2, 0.25) is 0 Å². The second-order valence-electron chi connectivity index (χ2n) is 10.1. The lowest BCUT2D eigenvalue weighted by Gasteiger charge is -2.45. The van der Waals surface area contributed by atoms with Gasteiger partial charge in [-0.1, -0.05) is 0 Å². The zero-order valence-corrected chi connectivity index (χ0v) is 23.3. The minimum atomic E-state index is -9.60. The van der Waals surface area contributed by atoms with E-state index in [-0.39, 0.29) is 0 Å². The summed E-state index contributed by atoms with van der Waals surface area (Å²) in [5.41, 5.74) is 0. The van der Waals surface area contributed by atoms with Gasteiger partial charge in [-0.05, 0) is 0 Å². The molecule has 0 aliphatic rings. The Morgan fingerprint density at radius 1 is 0.542 bits per heavy atom. The molecule has 6 nitrogen and oxygen atoms in total. The van der Waals surface area contributed by atoms with Crippen LogP contribution in [0.1, 0.15) is 6.42 Å². The van der Waals surface area contributed by atoms with Crippen molar-refractivity contribution in [1.82, 2.24) is 4.72 Å². The number of hydrogen-bond acceptors (Lipinski definition) is 4. The quantitative estimate of drug-likeness (QED) is 0.128. The molecule has 0 aromatic heterocycles. The summed E-state index contributed by atoms with van der Waals surface area (Å²) in [6, 6.07) is 0. The van der Waals surface area contributed by atoms with Gasteiger partial charge in [-0.25, -0.2) is 13.1 Å². The molecular weight excluding hydrogens is 777 g/mol. The zero-order valence-electron chi connectivity index (χ0n) is 22.5. The van der Waals surface area contributed by atoms with Gasteiger partial charge in [0.15, 0.2) is 0 Å². The lowest BCUT2D eigenvalue weighted by molar-refractivity contribution is -0.884. The molecule has 0 aromatic rings. The molecule has 0 saturated heterocycles. The minimum Gasteiger partial charge on any atom is -0.544 e. The van der Waals surface area contributed by atoms with Crippen molar-refractivity contribution in [2.45, 2.75) is 71.2 Å². The molecule has 0 radical (unpaired) electrons. The Labute approximate surface area is 250 Å². The van der Waals surface area contributed by atoms with Crippen molar-refractivity contribution in [2.75, 3.05) is 33.7 Å². The van der Waals surface area contributed by atoms with E-state index in [0.29, 0.717) is 4.72 Å². The predicted molar refractivity (Wildman–Crippen MR) is 104 cm³/mol. The van der Waals surface area contributed by atoms with Gasteiger partial charge in [0.25, 0.3) is 10.0 Å². The summed E-state index contributed by atoms with van der Waals surface area (Å²) < 4.78 is 332. The van der Waals surface area contributed by atoms with Gasteiger partial charge in [-0.15, -0.1) is 0 Å². The number of likely N-dealkylation sites (N-methyl/N-ethyl adjacent to an activating group) is 1. The maximum Gasteiger partial charge on any atom is 0.460 e. The molecule has 0 saturated carbocycles. The van der Waals surface area contributed by atoms with Crippen LogP contribution in [0.2, 0.25) is 0 Å². The molecule has 48 heavy (non-hydrogen) atoms. The zero-order chi connectivity index (χ0) is 39.6. The van der Waals surface area contributed by atoms with E-state index in [2.05, 4.69) is 0 Å². The Morgan fingerprint density at radius 3 is 1.08 bits per heavy atom. The molecule has 0 fully saturated rings. The van der Waals surface area contributed by atoms with Crippen molar-refractivity contribution in [2.24, 2.45) is 0 Å². The first-order valence-corrected chi connectivity index (χ1v) is 12.7. The van der Waals surface area contributed by atoms with Crippen molar-refractivity contribution in [3.05, 3.63) is 0 Å². The molecule has 0 heterocycles. The first kappa shape index (κ1) is 45.7. The smallest absolute Gasteiger partial charge is 0.460 e. The molecule has 0 unspecified atom stereocenters. The second kappa shape index (κ2) is 12.2.